The van der Waals surface area contributed by atoms with Gasteiger partial charge in [-0.2, -0.15) is 0 Å². The second-order valence-corrected chi connectivity index (χ2v) is 3.06. The Bertz CT molecular complexity index is 150. The molecule has 0 bridgehead atoms. The van der Waals surface area contributed by atoms with Crippen molar-refractivity contribution in [1.82, 2.24) is 5.32 Å². The Morgan fingerprint density at radius 3 is 2.85 bits per heavy atom. The normalized spacial score (nSPS) is 14.5. The summed E-state index contributed by atoms with van der Waals surface area (Å²) < 4.78 is 0. The quantitative estimate of drug-likeness (QED) is 0.148. The molecule has 0 aliphatic heterocycles. The van der Waals surface area contributed by atoms with Crippen LogP contribution in [0.25, 0.3) is 0 Å². The van der Waals surface area contributed by atoms with Crippen molar-refractivity contribution < 1.29 is 10.3 Å². The topological polar surface area (TPSA) is 90.9 Å². The standard InChI is InChI=1S/C8H19N3O2/c1-7(4-6-12)10-5-2-3-8(9)11-13/h7,10,12-13H,2-6H2,1H3,(H2,9,11). The lowest BCUT2D eigenvalue weighted by Gasteiger charge is -2.11. The highest BCUT2D eigenvalue weighted by Gasteiger charge is 1.99. The molecule has 0 radical (unpaired) electrons. The van der Waals surface area contributed by atoms with Gasteiger partial charge in [-0.25, -0.2) is 0 Å². The van der Waals surface area contributed by atoms with Crippen LogP contribution in [-0.2, 0) is 0 Å². The van der Waals surface area contributed by atoms with E-state index in [9.17, 15) is 0 Å². The molecule has 78 valence electrons. The Labute approximate surface area is 78.6 Å². The van der Waals surface area contributed by atoms with Gasteiger partial charge in [-0.3, -0.25) is 0 Å². The highest BCUT2D eigenvalue weighted by molar-refractivity contribution is 5.79. The Morgan fingerprint density at radius 2 is 2.31 bits per heavy atom. The molecular weight excluding hydrogens is 170 g/mol. The molecule has 0 amide bonds. The van der Waals surface area contributed by atoms with Crippen LogP contribution in [0.4, 0.5) is 0 Å². The molecule has 0 fully saturated rings. The van der Waals surface area contributed by atoms with Crippen LogP contribution < -0.4 is 11.1 Å². The van der Waals surface area contributed by atoms with Crippen molar-refractivity contribution in [2.24, 2.45) is 10.9 Å². The summed E-state index contributed by atoms with van der Waals surface area (Å²) in [6.07, 6.45) is 2.19. The van der Waals surface area contributed by atoms with Crippen molar-refractivity contribution in [2.75, 3.05) is 13.2 Å². The van der Waals surface area contributed by atoms with E-state index >= 15 is 0 Å². The Kier molecular flexibility index (Phi) is 7.33. The minimum absolute atomic E-state index is 0.203. The first kappa shape index (κ1) is 12.2. The summed E-state index contributed by atoms with van der Waals surface area (Å²) in [5.74, 6) is 0.261. The molecule has 5 N–H and O–H groups in total. The Balaban J connectivity index is 3.25. The molecule has 1 unspecified atom stereocenters. The molecule has 0 aliphatic carbocycles. The number of hydrogen-bond acceptors (Lipinski definition) is 4. The molecule has 0 rings (SSSR count). The Morgan fingerprint density at radius 1 is 1.62 bits per heavy atom. The molecule has 0 aromatic rings. The minimum atomic E-state index is 0.203. The zero-order valence-corrected chi connectivity index (χ0v) is 8.03. The van der Waals surface area contributed by atoms with Crippen molar-refractivity contribution in [3.05, 3.63) is 0 Å². The summed E-state index contributed by atoms with van der Waals surface area (Å²) in [6.45, 7) is 3.03. The van der Waals surface area contributed by atoms with Gasteiger partial charge < -0.3 is 21.4 Å². The van der Waals surface area contributed by atoms with Crippen molar-refractivity contribution in [3.63, 3.8) is 0 Å². The van der Waals surface area contributed by atoms with Crippen LogP contribution in [0.3, 0.4) is 0 Å². The maximum atomic E-state index is 8.61. The van der Waals surface area contributed by atoms with Gasteiger partial charge in [-0.05, 0) is 26.3 Å². The van der Waals surface area contributed by atoms with Gasteiger partial charge in [0.1, 0.15) is 5.84 Å². The molecule has 0 heterocycles. The van der Waals surface area contributed by atoms with Crippen molar-refractivity contribution in [1.29, 1.82) is 0 Å². The zero-order chi connectivity index (χ0) is 10.1. The number of rotatable bonds is 7. The number of nitrogens with zero attached hydrogens (tertiary/aromatic N) is 1. The van der Waals surface area contributed by atoms with E-state index in [-0.39, 0.29) is 12.4 Å². The third kappa shape index (κ3) is 7.55. The molecule has 0 aliphatic rings. The maximum Gasteiger partial charge on any atom is 0.139 e. The first-order valence-corrected chi connectivity index (χ1v) is 4.51. The van der Waals surface area contributed by atoms with E-state index in [1.54, 1.807) is 0 Å². The third-order valence-electron chi connectivity index (χ3n) is 1.79. The summed E-state index contributed by atoms with van der Waals surface area (Å²) in [7, 11) is 0. The largest absolute Gasteiger partial charge is 0.409 e. The van der Waals surface area contributed by atoms with Crippen LogP contribution in [0, 0.1) is 0 Å². The third-order valence-corrected chi connectivity index (χ3v) is 1.79. The summed E-state index contributed by atoms with van der Waals surface area (Å²) >= 11 is 0. The predicted octanol–water partition coefficient (Wildman–Crippen LogP) is -0.126. The van der Waals surface area contributed by atoms with Crippen LogP contribution in [-0.4, -0.2) is 35.3 Å². The molecule has 13 heavy (non-hydrogen) atoms. The smallest absolute Gasteiger partial charge is 0.139 e. The van der Waals surface area contributed by atoms with Gasteiger partial charge >= 0.3 is 0 Å². The summed E-state index contributed by atoms with van der Waals surface area (Å²) in [5.41, 5.74) is 5.28. The van der Waals surface area contributed by atoms with E-state index in [0.29, 0.717) is 12.5 Å². The van der Waals surface area contributed by atoms with Gasteiger partial charge in [0.05, 0.1) is 0 Å². The average molecular weight is 189 g/mol. The lowest BCUT2D eigenvalue weighted by molar-refractivity contribution is 0.269. The van der Waals surface area contributed by atoms with Gasteiger partial charge in [0.25, 0.3) is 0 Å². The van der Waals surface area contributed by atoms with E-state index in [1.165, 1.54) is 0 Å². The monoisotopic (exact) mass is 189 g/mol. The van der Waals surface area contributed by atoms with Crippen LogP contribution in [0.1, 0.15) is 26.2 Å². The van der Waals surface area contributed by atoms with Crippen molar-refractivity contribution in [3.8, 4) is 0 Å². The maximum absolute atomic E-state index is 8.61. The van der Waals surface area contributed by atoms with Crippen LogP contribution in [0.5, 0.6) is 0 Å². The summed E-state index contributed by atoms with van der Waals surface area (Å²) in [5, 5.41) is 22.9. The number of hydrogen-bond donors (Lipinski definition) is 4. The van der Waals surface area contributed by atoms with Gasteiger partial charge in [-0.15, -0.1) is 0 Å². The second-order valence-electron chi connectivity index (χ2n) is 3.06. The molecule has 0 saturated carbocycles. The summed E-state index contributed by atoms with van der Waals surface area (Å²) in [4.78, 5) is 0. The molecular formula is C8H19N3O2. The fourth-order valence-electron chi connectivity index (χ4n) is 0.964. The lowest BCUT2D eigenvalue weighted by atomic mass is 10.2. The molecule has 5 nitrogen and oxygen atoms in total. The molecule has 0 spiro atoms. The first-order valence-electron chi connectivity index (χ1n) is 4.51. The predicted molar refractivity (Wildman–Crippen MR) is 51.8 cm³/mol. The number of oxime groups is 1. The van der Waals surface area contributed by atoms with E-state index in [4.69, 9.17) is 16.0 Å². The van der Waals surface area contributed by atoms with Gasteiger partial charge in [0.2, 0.25) is 0 Å². The van der Waals surface area contributed by atoms with Gasteiger partial charge in [-0.1, -0.05) is 5.16 Å². The molecule has 0 aromatic heterocycles. The van der Waals surface area contributed by atoms with Crippen LogP contribution >= 0.6 is 0 Å². The summed E-state index contributed by atoms with van der Waals surface area (Å²) in [6, 6.07) is 0.317. The molecule has 5 heteroatoms. The van der Waals surface area contributed by atoms with Crippen LogP contribution in [0.2, 0.25) is 0 Å². The van der Waals surface area contributed by atoms with Crippen molar-refractivity contribution in [2.45, 2.75) is 32.2 Å². The molecule has 0 saturated heterocycles. The number of nitrogens with two attached hydrogens (primary N) is 1. The first-order chi connectivity index (χ1) is 6.20. The number of aliphatic hydroxyl groups is 1. The lowest BCUT2D eigenvalue weighted by Crippen LogP contribution is -2.28. The Hall–Kier alpha value is -0.810. The fraction of sp³-hybridized carbons (Fsp3) is 0.875. The van der Waals surface area contributed by atoms with E-state index in [1.807, 2.05) is 6.92 Å². The van der Waals surface area contributed by atoms with Crippen molar-refractivity contribution >= 4 is 5.84 Å². The minimum Gasteiger partial charge on any atom is -0.409 e. The highest BCUT2D eigenvalue weighted by atomic mass is 16.4. The SMILES string of the molecule is CC(CCO)NCCCC(N)=NO. The van der Waals surface area contributed by atoms with E-state index in [2.05, 4.69) is 10.5 Å². The highest BCUT2D eigenvalue weighted by Crippen LogP contribution is 1.91. The number of amidine groups is 1. The van der Waals surface area contributed by atoms with E-state index in [0.717, 1.165) is 19.4 Å². The molecule has 0 aromatic carbocycles. The van der Waals surface area contributed by atoms with Gasteiger partial charge in [0.15, 0.2) is 0 Å². The number of nitrogens with one attached hydrogen (secondary N) is 1. The van der Waals surface area contributed by atoms with E-state index < -0.39 is 0 Å². The molecule has 1 atom stereocenters. The number of aliphatic hydroxyl groups excluding tert-OH is 1. The average Bonchev–Trinajstić information content (AvgIpc) is 2.12. The second kappa shape index (κ2) is 7.82. The van der Waals surface area contributed by atoms with Gasteiger partial charge in [0, 0.05) is 19.1 Å². The fourth-order valence-corrected chi connectivity index (χ4v) is 0.964. The zero-order valence-electron chi connectivity index (χ0n) is 8.03. The van der Waals surface area contributed by atoms with Crippen LogP contribution in [0.15, 0.2) is 5.16 Å².